The summed E-state index contributed by atoms with van der Waals surface area (Å²) in [5.74, 6) is -1.19. The Morgan fingerprint density at radius 2 is 2.15 bits per heavy atom. The lowest BCUT2D eigenvalue weighted by atomic mass is 10.2. The van der Waals surface area contributed by atoms with E-state index in [1.165, 1.54) is 11.3 Å². The maximum absolute atomic E-state index is 14.3. The fourth-order valence-electron chi connectivity index (χ4n) is 2.50. The van der Waals surface area contributed by atoms with Gasteiger partial charge in [-0.2, -0.15) is 0 Å². The van der Waals surface area contributed by atoms with Crippen LogP contribution in [0.3, 0.4) is 0 Å². The molecule has 0 fully saturated rings. The number of fused-ring (bicyclic) bond motifs is 1. The van der Waals surface area contributed by atoms with Crippen molar-refractivity contribution in [1.82, 2.24) is 9.97 Å². The molecule has 3 aromatic rings. The van der Waals surface area contributed by atoms with E-state index in [-0.39, 0.29) is 23.2 Å². The number of benzene rings is 1. The fourth-order valence-corrected chi connectivity index (χ4v) is 3.21. The fraction of sp³-hybridized carbons (Fsp3) is 0.235. The minimum Gasteiger partial charge on any atom is -0.365 e. The number of nitrogens with two attached hydrogens (primary N) is 2. The zero-order valence-electron chi connectivity index (χ0n) is 14.1. The van der Waals surface area contributed by atoms with E-state index in [1.54, 1.807) is 5.51 Å². The normalized spacial score (nSPS) is 12.1. The lowest BCUT2D eigenvalue weighted by molar-refractivity contribution is 0.100. The molecule has 26 heavy (non-hydrogen) atoms. The minimum absolute atomic E-state index is 0.0241. The number of carbonyl (C=O) groups excluding carboxylic acids is 1. The number of halogens is 1. The number of hydrogen-bond acceptors (Lipinski definition) is 7. The van der Waals surface area contributed by atoms with E-state index in [1.807, 2.05) is 25.1 Å². The van der Waals surface area contributed by atoms with E-state index in [9.17, 15) is 9.18 Å². The second-order valence-electron chi connectivity index (χ2n) is 5.86. The summed E-state index contributed by atoms with van der Waals surface area (Å²) in [5.41, 5.74) is 14.2. The Hall–Kier alpha value is -2.78. The standard InChI is InChI=1S/C17H19FN6OS/c1-9(4-5-19)22-17-12(18)7-11(15(20)25)16(24-17)23-10-2-3-13-14(6-10)26-8-21-13/h2-3,6-9H,4-5,19H2,1H3,(H2,20,25)(H2,22,23,24). The molecule has 0 aliphatic heterocycles. The number of primary amides is 1. The third-order valence-electron chi connectivity index (χ3n) is 3.82. The van der Waals surface area contributed by atoms with Gasteiger partial charge in [0.1, 0.15) is 5.82 Å². The molecule has 0 aliphatic rings. The summed E-state index contributed by atoms with van der Waals surface area (Å²) >= 11 is 1.49. The number of anilines is 3. The molecular formula is C17H19FN6OS. The number of nitrogens with one attached hydrogen (secondary N) is 2. The number of aromatic nitrogens is 2. The van der Waals surface area contributed by atoms with Crippen LogP contribution < -0.4 is 22.1 Å². The van der Waals surface area contributed by atoms with Gasteiger partial charge in [-0.15, -0.1) is 11.3 Å². The molecule has 136 valence electrons. The van der Waals surface area contributed by atoms with Crippen molar-refractivity contribution < 1.29 is 9.18 Å². The van der Waals surface area contributed by atoms with Gasteiger partial charge < -0.3 is 22.1 Å². The molecule has 6 N–H and O–H groups in total. The lowest BCUT2D eigenvalue weighted by Crippen LogP contribution is -2.22. The number of rotatable bonds is 7. The first kappa shape index (κ1) is 18.0. The van der Waals surface area contributed by atoms with Gasteiger partial charge in [-0.05, 0) is 44.2 Å². The van der Waals surface area contributed by atoms with E-state index >= 15 is 0 Å². The predicted octanol–water partition coefficient (Wildman–Crippen LogP) is 2.82. The maximum Gasteiger partial charge on any atom is 0.252 e. The van der Waals surface area contributed by atoms with Crippen LogP contribution in [0.15, 0.2) is 29.8 Å². The van der Waals surface area contributed by atoms with Crippen molar-refractivity contribution in [3.63, 3.8) is 0 Å². The van der Waals surface area contributed by atoms with Gasteiger partial charge >= 0.3 is 0 Å². The molecule has 0 aliphatic carbocycles. The van der Waals surface area contributed by atoms with Crippen LogP contribution in [0, 0.1) is 5.82 Å². The molecule has 1 unspecified atom stereocenters. The second kappa shape index (κ2) is 7.63. The summed E-state index contributed by atoms with van der Waals surface area (Å²) in [6, 6.07) is 6.56. The molecule has 2 heterocycles. The monoisotopic (exact) mass is 374 g/mol. The number of hydrogen-bond donors (Lipinski definition) is 4. The van der Waals surface area contributed by atoms with Gasteiger partial charge in [-0.25, -0.2) is 14.4 Å². The van der Waals surface area contributed by atoms with Crippen LogP contribution in [-0.2, 0) is 0 Å². The highest BCUT2D eigenvalue weighted by atomic mass is 32.1. The second-order valence-corrected chi connectivity index (χ2v) is 6.75. The minimum atomic E-state index is -0.765. The summed E-state index contributed by atoms with van der Waals surface area (Å²) in [6.45, 7) is 2.34. The molecule has 0 radical (unpaired) electrons. The molecule has 3 rings (SSSR count). The van der Waals surface area contributed by atoms with Crippen molar-refractivity contribution in [3.05, 3.63) is 41.2 Å². The Morgan fingerprint density at radius 1 is 1.35 bits per heavy atom. The zero-order valence-corrected chi connectivity index (χ0v) is 14.9. The van der Waals surface area contributed by atoms with E-state index in [4.69, 9.17) is 11.5 Å². The highest BCUT2D eigenvalue weighted by Gasteiger charge is 2.17. The third-order valence-corrected chi connectivity index (χ3v) is 4.61. The molecule has 1 aromatic carbocycles. The van der Waals surface area contributed by atoms with Gasteiger partial charge in [0.2, 0.25) is 0 Å². The summed E-state index contributed by atoms with van der Waals surface area (Å²) in [5, 5.41) is 6.01. The first-order valence-electron chi connectivity index (χ1n) is 8.05. The van der Waals surface area contributed by atoms with Crippen LogP contribution in [0.5, 0.6) is 0 Å². The van der Waals surface area contributed by atoms with Crippen LogP contribution >= 0.6 is 11.3 Å². The van der Waals surface area contributed by atoms with Crippen LogP contribution in [0.2, 0.25) is 0 Å². The van der Waals surface area contributed by atoms with E-state index in [0.717, 1.165) is 16.3 Å². The summed E-state index contributed by atoms with van der Waals surface area (Å²) in [4.78, 5) is 20.1. The largest absolute Gasteiger partial charge is 0.365 e. The zero-order chi connectivity index (χ0) is 18.7. The van der Waals surface area contributed by atoms with Crippen LogP contribution in [-0.4, -0.2) is 28.5 Å². The lowest BCUT2D eigenvalue weighted by Gasteiger charge is -2.17. The topological polar surface area (TPSA) is 119 Å². The molecule has 1 amide bonds. The molecule has 1 atom stereocenters. The van der Waals surface area contributed by atoms with Gasteiger partial charge in [0.15, 0.2) is 11.6 Å². The number of thiazole rings is 1. The van der Waals surface area contributed by atoms with Crippen molar-refractivity contribution in [3.8, 4) is 0 Å². The van der Waals surface area contributed by atoms with Crippen LogP contribution in [0.25, 0.3) is 10.2 Å². The van der Waals surface area contributed by atoms with Gasteiger partial charge in [0.05, 0.1) is 21.3 Å². The van der Waals surface area contributed by atoms with Gasteiger partial charge in [-0.1, -0.05) is 0 Å². The molecule has 0 spiro atoms. The number of nitrogens with zero attached hydrogens (tertiary/aromatic N) is 2. The average Bonchev–Trinajstić information content (AvgIpc) is 3.05. The number of amides is 1. The highest BCUT2D eigenvalue weighted by molar-refractivity contribution is 7.16. The Bertz CT molecular complexity index is 944. The van der Waals surface area contributed by atoms with Crippen molar-refractivity contribution in [2.45, 2.75) is 19.4 Å². The van der Waals surface area contributed by atoms with E-state index < -0.39 is 11.7 Å². The molecule has 0 saturated carbocycles. The molecule has 2 aromatic heterocycles. The first-order chi connectivity index (χ1) is 12.5. The SMILES string of the molecule is CC(CCN)Nc1nc(Nc2ccc3ncsc3c2)c(C(N)=O)cc1F. The average molecular weight is 374 g/mol. The molecule has 7 nitrogen and oxygen atoms in total. The first-order valence-corrected chi connectivity index (χ1v) is 8.93. The molecule has 9 heteroatoms. The third kappa shape index (κ3) is 3.89. The predicted molar refractivity (Wildman–Crippen MR) is 102 cm³/mol. The van der Waals surface area contributed by atoms with E-state index in [2.05, 4.69) is 20.6 Å². The number of pyridine rings is 1. The summed E-state index contributed by atoms with van der Waals surface area (Å²) < 4.78 is 15.3. The Balaban J connectivity index is 1.95. The Morgan fingerprint density at radius 3 is 2.88 bits per heavy atom. The van der Waals surface area contributed by atoms with Crippen molar-refractivity contribution in [1.29, 1.82) is 0 Å². The molecule has 0 bridgehead atoms. The van der Waals surface area contributed by atoms with Crippen LogP contribution in [0.1, 0.15) is 23.7 Å². The van der Waals surface area contributed by atoms with Crippen molar-refractivity contribution in [2.75, 3.05) is 17.2 Å². The summed E-state index contributed by atoms with van der Waals surface area (Å²) in [6.07, 6.45) is 0.656. The van der Waals surface area contributed by atoms with Gasteiger partial charge in [0.25, 0.3) is 5.91 Å². The van der Waals surface area contributed by atoms with Gasteiger partial charge in [0, 0.05) is 11.7 Å². The molecular weight excluding hydrogens is 355 g/mol. The molecule has 0 saturated heterocycles. The van der Waals surface area contributed by atoms with Crippen molar-refractivity contribution in [2.24, 2.45) is 11.5 Å². The Labute approximate surface area is 153 Å². The quantitative estimate of drug-likeness (QED) is 0.505. The van der Waals surface area contributed by atoms with Gasteiger partial charge in [-0.3, -0.25) is 4.79 Å². The van der Waals surface area contributed by atoms with Crippen LogP contribution in [0.4, 0.5) is 21.7 Å². The maximum atomic E-state index is 14.3. The number of carbonyl (C=O) groups is 1. The highest BCUT2D eigenvalue weighted by Crippen LogP contribution is 2.27. The smallest absolute Gasteiger partial charge is 0.252 e. The van der Waals surface area contributed by atoms with E-state index in [0.29, 0.717) is 18.7 Å². The Kier molecular flexibility index (Phi) is 5.29. The van der Waals surface area contributed by atoms with Crippen molar-refractivity contribution >= 4 is 44.8 Å². The summed E-state index contributed by atoms with van der Waals surface area (Å²) in [7, 11) is 0.